The second kappa shape index (κ2) is 10.3. The lowest BCUT2D eigenvalue weighted by molar-refractivity contribution is -0.385. The molecule has 2 amide bonds. The number of nitro groups is 1. The summed E-state index contributed by atoms with van der Waals surface area (Å²) in [6, 6.07) is 11.8. The number of amides is 2. The van der Waals surface area contributed by atoms with Crippen molar-refractivity contribution in [3.05, 3.63) is 58.1 Å². The van der Waals surface area contributed by atoms with Crippen molar-refractivity contribution in [3.8, 4) is 0 Å². The van der Waals surface area contributed by atoms with Crippen molar-refractivity contribution in [1.82, 2.24) is 4.90 Å². The molecule has 2 aromatic carbocycles. The summed E-state index contributed by atoms with van der Waals surface area (Å²) in [7, 11) is 1.44. The zero-order chi connectivity index (χ0) is 22.4. The van der Waals surface area contributed by atoms with E-state index in [-0.39, 0.29) is 17.8 Å². The summed E-state index contributed by atoms with van der Waals surface area (Å²) in [5, 5.41) is 14.0. The summed E-state index contributed by atoms with van der Waals surface area (Å²) in [6.45, 7) is 2.80. The molecule has 1 fully saturated rings. The molecule has 10 heteroatoms. The van der Waals surface area contributed by atoms with Gasteiger partial charge in [0.15, 0.2) is 0 Å². The van der Waals surface area contributed by atoms with E-state index in [9.17, 15) is 19.7 Å². The molecule has 0 bridgehead atoms. The number of morpholine rings is 1. The van der Waals surface area contributed by atoms with Crippen LogP contribution in [0.4, 0.5) is 17.1 Å². The van der Waals surface area contributed by atoms with Gasteiger partial charge in [0.1, 0.15) is 5.56 Å². The van der Waals surface area contributed by atoms with Crippen LogP contribution in [0.25, 0.3) is 0 Å². The van der Waals surface area contributed by atoms with Gasteiger partial charge in [-0.3, -0.25) is 19.7 Å². The first-order valence-corrected chi connectivity index (χ1v) is 10.9. The molecule has 0 aromatic heterocycles. The normalized spacial score (nSPS) is 13.5. The molecule has 31 heavy (non-hydrogen) atoms. The van der Waals surface area contributed by atoms with Crippen LogP contribution in [0.1, 0.15) is 10.4 Å². The van der Waals surface area contributed by atoms with Gasteiger partial charge < -0.3 is 19.9 Å². The van der Waals surface area contributed by atoms with Crippen molar-refractivity contribution in [2.24, 2.45) is 0 Å². The second-order valence-corrected chi connectivity index (χ2v) is 7.88. The van der Waals surface area contributed by atoms with Crippen LogP contribution in [0.15, 0.2) is 47.4 Å². The highest BCUT2D eigenvalue weighted by molar-refractivity contribution is 7.98. The molecule has 0 radical (unpaired) electrons. The van der Waals surface area contributed by atoms with E-state index in [1.165, 1.54) is 35.8 Å². The van der Waals surface area contributed by atoms with Gasteiger partial charge >= 0.3 is 0 Å². The van der Waals surface area contributed by atoms with Gasteiger partial charge in [0.05, 0.1) is 24.7 Å². The third kappa shape index (κ3) is 5.74. The summed E-state index contributed by atoms with van der Waals surface area (Å²) in [5.41, 5.74) is 1.34. The number of thioether (sulfide) groups is 1. The van der Waals surface area contributed by atoms with E-state index in [1.807, 2.05) is 18.4 Å². The molecule has 0 saturated carbocycles. The number of hydrogen-bond acceptors (Lipinski definition) is 7. The lowest BCUT2D eigenvalue weighted by Crippen LogP contribution is -2.36. The SMILES string of the molecule is CSc1ccc([N+](=O)[O-])c(C(=O)N(C)CC(=O)Nc2ccc(N3CCOCC3)cc2)c1. The molecular formula is C21H24N4O5S. The van der Waals surface area contributed by atoms with Gasteiger partial charge in [-0.15, -0.1) is 11.8 Å². The fourth-order valence-electron chi connectivity index (χ4n) is 3.24. The van der Waals surface area contributed by atoms with Crippen LogP contribution in [0, 0.1) is 10.1 Å². The van der Waals surface area contributed by atoms with E-state index < -0.39 is 16.7 Å². The van der Waals surface area contributed by atoms with E-state index in [0.29, 0.717) is 18.9 Å². The highest BCUT2D eigenvalue weighted by Crippen LogP contribution is 2.26. The average Bonchev–Trinajstić information content (AvgIpc) is 2.79. The third-order valence-electron chi connectivity index (χ3n) is 4.89. The number of nitro benzene ring substituents is 1. The van der Waals surface area contributed by atoms with Gasteiger partial charge in [-0.1, -0.05) is 0 Å². The number of nitrogens with zero attached hydrogens (tertiary/aromatic N) is 3. The first-order valence-electron chi connectivity index (χ1n) is 9.69. The number of likely N-dealkylation sites (N-methyl/N-ethyl adjacent to an activating group) is 1. The molecule has 0 atom stereocenters. The monoisotopic (exact) mass is 444 g/mol. The lowest BCUT2D eigenvalue weighted by atomic mass is 10.1. The molecule has 9 nitrogen and oxygen atoms in total. The Morgan fingerprint density at radius 3 is 2.48 bits per heavy atom. The summed E-state index contributed by atoms with van der Waals surface area (Å²) in [6.07, 6.45) is 1.82. The molecule has 0 unspecified atom stereocenters. The van der Waals surface area contributed by atoms with Crippen molar-refractivity contribution >= 4 is 40.6 Å². The van der Waals surface area contributed by atoms with Crippen LogP contribution in [0.3, 0.4) is 0 Å². The Bertz CT molecular complexity index is 961. The smallest absolute Gasteiger partial charge is 0.282 e. The molecule has 1 saturated heterocycles. The summed E-state index contributed by atoms with van der Waals surface area (Å²) in [4.78, 5) is 40.0. The van der Waals surface area contributed by atoms with Crippen molar-refractivity contribution in [2.75, 3.05) is 56.4 Å². The molecule has 1 aliphatic heterocycles. The maximum Gasteiger partial charge on any atom is 0.282 e. The molecule has 1 N–H and O–H groups in total. The Labute approximate surface area is 184 Å². The van der Waals surface area contributed by atoms with Gasteiger partial charge in [-0.05, 0) is 42.7 Å². The predicted molar refractivity (Wildman–Crippen MR) is 120 cm³/mol. The molecule has 0 spiro atoms. The van der Waals surface area contributed by atoms with Crippen LogP contribution in [-0.4, -0.2) is 67.8 Å². The Morgan fingerprint density at radius 2 is 1.87 bits per heavy atom. The topological polar surface area (TPSA) is 105 Å². The standard InChI is InChI=1S/C21H24N4O5S/c1-23(21(27)18-13-17(31-2)7-8-19(18)25(28)29)14-20(26)22-15-3-5-16(6-4-15)24-9-11-30-12-10-24/h3-8,13H,9-12,14H2,1-2H3,(H,22,26). The number of hydrogen-bond donors (Lipinski definition) is 1. The number of carbonyl (C=O) groups excluding carboxylic acids is 2. The maximum atomic E-state index is 12.8. The minimum Gasteiger partial charge on any atom is -0.378 e. The number of ether oxygens (including phenoxy) is 1. The van der Waals surface area contributed by atoms with Gasteiger partial charge in [0.25, 0.3) is 11.6 Å². The summed E-state index contributed by atoms with van der Waals surface area (Å²) in [5.74, 6) is -0.973. The van der Waals surface area contributed by atoms with Crippen molar-refractivity contribution in [1.29, 1.82) is 0 Å². The Morgan fingerprint density at radius 1 is 1.19 bits per heavy atom. The van der Waals surface area contributed by atoms with Crippen LogP contribution >= 0.6 is 11.8 Å². The van der Waals surface area contributed by atoms with E-state index in [2.05, 4.69) is 10.2 Å². The van der Waals surface area contributed by atoms with Gasteiger partial charge in [-0.25, -0.2) is 0 Å². The number of rotatable bonds is 7. The van der Waals surface area contributed by atoms with E-state index >= 15 is 0 Å². The first kappa shape index (κ1) is 22.6. The van der Waals surface area contributed by atoms with Crippen LogP contribution in [0.2, 0.25) is 0 Å². The predicted octanol–water partition coefficient (Wildman–Crippen LogP) is 2.86. The number of carbonyl (C=O) groups is 2. The van der Waals surface area contributed by atoms with Crippen molar-refractivity contribution < 1.29 is 19.2 Å². The molecule has 1 aliphatic rings. The quantitative estimate of drug-likeness (QED) is 0.398. The summed E-state index contributed by atoms with van der Waals surface area (Å²) < 4.78 is 5.35. The summed E-state index contributed by atoms with van der Waals surface area (Å²) >= 11 is 1.38. The fraction of sp³-hybridized carbons (Fsp3) is 0.333. The Kier molecular flexibility index (Phi) is 7.48. The fourth-order valence-corrected chi connectivity index (χ4v) is 3.68. The molecule has 164 valence electrons. The number of anilines is 2. The molecular weight excluding hydrogens is 420 g/mol. The average molecular weight is 445 g/mol. The van der Waals surface area contributed by atoms with E-state index in [0.717, 1.165) is 23.7 Å². The zero-order valence-electron chi connectivity index (χ0n) is 17.4. The zero-order valence-corrected chi connectivity index (χ0v) is 18.2. The maximum absolute atomic E-state index is 12.8. The molecule has 1 heterocycles. The van der Waals surface area contributed by atoms with E-state index in [1.54, 1.807) is 18.2 Å². The minimum atomic E-state index is -0.596. The number of benzene rings is 2. The largest absolute Gasteiger partial charge is 0.378 e. The molecule has 3 rings (SSSR count). The first-order chi connectivity index (χ1) is 14.9. The molecule has 0 aliphatic carbocycles. The van der Waals surface area contributed by atoms with Gasteiger partial charge in [0.2, 0.25) is 5.91 Å². The van der Waals surface area contributed by atoms with E-state index in [4.69, 9.17) is 4.74 Å². The highest BCUT2D eigenvalue weighted by atomic mass is 32.2. The highest BCUT2D eigenvalue weighted by Gasteiger charge is 2.24. The molecule has 2 aromatic rings. The number of nitrogens with one attached hydrogen (secondary N) is 1. The minimum absolute atomic E-state index is 0.0398. The van der Waals surface area contributed by atoms with Crippen molar-refractivity contribution in [2.45, 2.75) is 4.90 Å². The van der Waals surface area contributed by atoms with Gasteiger partial charge in [0, 0.05) is 42.5 Å². The Balaban J connectivity index is 1.62. The third-order valence-corrected chi connectivity index (χ3v) is 5.61. The lowest BCUT2D eigenvalue weighted by Gasteiger charge is -2.28. The van der Waals surface area contributed by atoms with Crippen LogP contribution in [0.5, 0.6) is 0 Å². The van der Waals surface area contributed by atoms with Crippen LogP contribution < -0.4 is 10.2 Å². The van der Waals surface area contributed by atoms with Crippen LogP contribution in [-0.2, 0) is 9.53 Å². The second-order valence-electron chi connectivity index (χ2n) is 7.00. The van der Waals surface area contributed by atoms with Gasteiger partial charge in [-0.2, -0.15) is 0 Å². The Hall–Kier alpha value is -3.11. The van der Waals surface area contributed by atoms with Crippen molar-refractivity contribution in [3.63, 3.8) is 0 Å².